The fourth-order valence-corrected chi connectivity index (χ4v) is 3.47. The van der Waals surface area contributed by atoms with E-state index >= 15 is 0 Å². The quantitative estimate of drug-likeness (QED) is 0.754. The Kier molecular flexibility index (Phi) is 6.49. The molecule has 0 fully saturated rings. The zero-order chi connectivity index (χ0) is 20.1. The standard InChI is InChI=1S/C21H23FN2O4/c1-27-12-15(13-3-5-16(22)6-4-13)8-18(26)9-17-7-14-10-23-21(28-2)20(14)19(11-25)24-17/h3-7,15,25H,8-12H2,1-2H3/t15-/m1/s1. The number of hydrogen-bond acceptors (Lipinski definition) is 6. The molecule has 1 aliphatic rings. The number of methoxy groups -OCH3 is 2. The number of aromatic nitrogens is 1. The van der Waals surface area contributed by atoms with Crippen molar-refractivity contribution in [1.29, 1.82) is 0 Å². The monoisotopic (exact) mass is 386 g/mol. The highest BCUT2D eigenvalue weighted by molar-refractivity contribution is 5.98. The van der Waals surface area contributed by atoms with Crippen LogP contribution < -0.4 is 0 Å². The van der Waals surface area contributed by atoms with Crippen LogP contribution >= 0.6 is 0 Å². The van der Waals surface area contributed by atoms with Crippen molar-refractivity contribution < 1.29 is 23.8 Å². The molecule has 7 heteroatoms. The Morgan fingerprint density at radius 2 is 2.04 bits per heavy atom. The van der Waals surface area contributed by atoms with Crippen molar-refractivity contribution in [2.75, 3.05) is 20.8 Å². The molecule has 0 unspecified atom stereocenters. The van der Waals surface area contributed by atoms with Crippen LogP contribution in [0, 0.1) is 5.82 Å². The number of pyridine rings is 1. The van der Waals surface area contributed by atoms with Gasteiger partial charge < -0.3 is 14.6 Å². The second kappa shape index (κ2) is 9.03. The summed E-state index contributed by atoms with van der Waals surface area (Å²) in [6, 6.07) is 7.95. The van der Waals surface area contributed by atoms with Crippen molar-refractivity contribution in [3.8, 4) is 0 Å². The topological polar surface area (TPSA) is 81.0 Å². The molecule has 1 aromatic carbocycles. The highest BCUT2D eigenvalue weighted by Crippen LogP contribution is 2.25. The molecule has 1 aromatic heterocycles. The smallest absolute Gasteiger partial charge is 0.218 e. The van der Waals surface area contributed by atoms with Crippen LogP contribution in [0.5, 0.6) is 0 Å². The van der Waals surface area contributed by atoms with E-state index in [4.69, 9.17) is 9.47 Å². The summed E-state index contributed by atoms with van der Waals surface area (Å²) in [6.07, 6.45) is 0.399. The van der Waals surface area contributed by atoms with Crippen molar-refractivity contribution in [3.63, 3.8) is 0 Å². The first-order chi connectivity index (χ1) is 13.5. The number of halogens is 1. The van der Waals surface area contributed by atoms with E-state index in [1.165, 1.54) is 19.2 Å². The van der Waals surface area contributed by atoms with Gasteiger partial charge in [-0.25, -0.2) is 9.38 Å². The van der Waals surface area contributed by atoms with Crippen molar-refractivity contribution in [3.05, 3.63) is 64.2 Å². The van der Waals surface area contributed by atoms with Gasteiger partial charge in [0, 0.05) is 31.6 Å². The molecule has 0 saturated carbocycles. The highest BCUT2D eigenvalue weighted by Gasteiger charge is 2.24. The van der Waals surface area contributed by atoms with E-state index in [0.29, 0.717) is 36.0 Å². The van der Waals surface area contributed by atoms with Gasteiger partial charge in [0.05, 0.1) is 38.1 Å². The van der Waals surface area contributed by atoms with Gasteiger partial charge in [0.1, 0.15) is 11.6 Å². The third-order valence-electron chi connectivity index (χ3n) is 4.74. The summed E-state index contributed by atoms with van der Waals surface area (Å²) in [5, 5.41) is 9.65. The predicted octanol–water partition coefficient (Wildman–Crippen LogP) is 2.55. The van der Waals surface area contributed by atoms with Crippen LogP contribution in [0.2, 0.25) is 0 Å². The van der Waals surface area contributed by atoms with Gasteiger partial charge in [-0.05, 0) is 29.3 Å². The van der Waals surface area contributed by atoms with Crippen LogP contribution in [0.1, 0.15) is 40.4 Å². The summed E-state index contributed by atoms with van der Waals surface area (Å²) in [5.74, 6) is -0.0227. The molecule has 1 aliphatic heterocycles. The van der Waals surface area contributed by atoms with E-state index in [9.17, 15) is 14.3 Å². The van der Waals surface area contributed by atoms with E-state index in [2.05, 4.69) is 9.98 Å². The van der Waals surface area contributed by atoms with Crippen LogP contribution in [0.4, 0.5) is 4.39 Å². The molecule has 0 aliphatic carbocycles. The summed E-state index contributed by atoms with van der Waals surface area (Å²) in [5.41, 5.74) is 3.52. The van der Waals surface area contributed by atoms with Crippen LogP contribution in [-0.2, 0) is 33.8 Å². The summed E-state index contributed by atoms with van der Waals surface area (Å²) in [7, 11) is 3.10. The lowest BCUT2D eigenvalue weighted by molar-refractivity contribution is -0.119. The van der Waals surface area contributed by atoms with Crippen molar-refractivity contribution in [1.82, 2.24) is 4.98 Å². The van der Waals surface area contributed by atoms with E-state index in [1.54, 1.807) is 19.2 Å². The number of fused-ring (bicyclic) bond motifs is 1. The molecule has 0 radical (unpaired) electrons. The molecule has 2 heterocycles. The molecule has 0 spiro atoms. The summed E-state index contributed by atoms with van der Waals surface area (Å²) < 4.78 is 23.6. The third kappa shape index (κ3) is 4.43. The molecule has 2 aromatic rings. The van der Waals surface area contributed by atoms with Gasteiger partial charge in [-0.1, -0.05) is 12.1 Å². The lowest BCUT2D eigenvalue weighted by Crippen LogP contribution is -2.16. The number of rotatable bonds is 8. The molecule has 0 saturated heterocycles. The maximum absolute atomic E-state index is 13.2. The van der Waals surface area contributed by atoms with Gasteiger partial charge >= 0.3 is 0 Å². The Labute approximate surface area is 163 Å². The third-order valence-corrected chi connectivity index (χ3v) is 4.74. The first-order valence-corrected chi connectivity index (χ1v) is 9.03. The van der Waals surface area contributed by atoms with Gasteiger partial charge in [0.15, 0.2) is 0 Å². The first-order valence-electron chi connectivity index (χ1n) is 9.03. The zero-order valence-electron chi connectivity index (χ0n) is 15.9. The molecule has 3 rings (SSSR count). The molecule has 0 amide bonds. The summed E-state index contributed by atoms with van der Waals surface area (Å²) in [6.45, 7) is 0.549. The Balaban J connectivity index is 1.74. The van der Waals surface area contributed by atoms with E-state index < -0.39 is 0 Å². The molecule has 1 N–H and O–H groups in total. The van der Waals surface area contributed by atoms with Crippen LogP contribution in [0.25, 0.3) is 0 Å². The number of aliphatic hydroxyl groups excluding tert-OH is 1. The minimum absolute atomic E-state index is 0.00593. The molecule has 28 heavy (non-hydrogen) atoms. The fraction of sp³-hybridized carbons (Fsp3) is 0.381. The lowest BCUT2D eigenvalue weighted by atomic mass is 9.92. The number of aliphatic hydroxyl groups is 1. The number of aliphatic imine (C=N–C) groups is 1. The largest absolute Gasteiger partial charge is 0.481 e. The fourth-order valence-electron chi connectivity index (χ4n) is 3.47. The van der Waals surface area contributed by atoms with Gasteiger partial charge in [-0.3, -0.25) is 9.78 Å². The number of benzene rings is 1. The zero-order valence-corrected chi connectivity index (χ0v) is 15.9. The minimum atomic E-state index is -0.317. The number of carbonyl (C=O) groups excluding carboxylic acids is 1. The number of carbonyl (C=O) groups is 1. The SMILES string of the molecule is COC[C@@H](CC(=O)Cc1cc2c(c(CO)n1)C(OC)=NC2)c1ccc(F)cc1. The van der Waals surface area contributed by atoms with Crippen molar-refractivity contribution in [2.24, 2.45) is 4.99 Å². The number of nitrogens with zero attached hydrogens (tertiary/aromatic N) is 2. The average molecular weight is 386 g/mol. The Bertz CT molecular complexity index is 881. The second-order valence-electron chi connectivity index (χ2n) is 6.70. The second-order valence-corrected chi connectivity index (χ2v) is 6.70. The van der Waals surface area contributed by atoms with Crippen molar-refractivity contribution in [2.45, 2.75) is 31.9 Å². The molecule has 6 nitrogen and oxygen atoms in total. The Morgan fingerprint density at radius 3 is 2.68 bits per heavy atom. The number of ether oxygens (including phenoxy) is 2. The van der Waals surface area contributed by atoms with E-state index in [-0.39, 0.29) is 37.0 Å². The predicted molar refractivity (Wildman–Crippen MR) is 102 cm³/mol. The van der Waals surface area contributed by atoms with Crippen LogP contribution in [0.3, 0.4) is 0 Å². The average Bonchev–Trinajstić information content (AvgIpc) is 3.10. The summed E-state index contributed by atoms with van der Waals surface area (Å²) >= 11 is 0. The summed E-state index contributed by atoms with van der Waals surface area (Å²) in [4.78, 5) is 21.4. The van der Waals surface area contributed by atoms with Gasteiger partial charge in [-0.2, -0.15) is 0 Å². The molecule has 1 atom stereocenters. The maximum atomic E-state index is 13.2. The highest BCUT2D eigenvalue weighted by atomic mass is 19.1. The number of hydrogen-bond donors (Lipinski definition) is 1. The van der Waals surface area contributed by atoms with Gasteiger partial charge in [0.25, 0.3) is 0 Å². The van der Waals surface area contributed by atoms with Crippen molar-refractivity contribution >= 4 is 11.7 Å². The maximum Gasteiger partial charge on any atom is 0.218 e. The van der Waals surface area contributed by atoms with E-state index in [1.807, 2.05) is 6.07 Å². The molecular formula is C21H23FN2O4. The Morgan fingerprint density at radius 1 is 1.29 bits per heavy atom. The molecule has 148 valence electrons. The lowest BCUT2D eigenvalue weighted by Gasteiger charge is -2.16. The van der Waals surface area contributed by atoms with E-state index in [0.717, 1.165) is 11.1 Å². The molecular weight excluding hydrogens is 363 g/mol. The minimum Gasteiger partial charge on any atom is -0.481 e. The number of ketones is 1. The van der Waals surface area contributed by atoms with Crippen LogP contribution in [-0.4, -0.2) is 42.6 Å². The van der Waals surface area contributed by atoms with Gasteiger partial charge in [-0.15, -0.1) is 0 Å². The van der Waals surface area contributed by atoms with Crippen LogP contribution in [0.15, 0.2) is 35.3 Å². The molecule has 0 bridgehead atoms. The van der Waals surface area contributed by atoms with Gasteiger partial charge in [0.2, 0.25) is 5.90 Å². The number of Topliss-reactive ketones (excluding diaryl/α,β-unsaturated/α-hetero) is 1. The normalized spacial score (nSPS) is 13.8. The Hall–Kier alpha value is -2.64. The first kappa shape index (κ1) is 20.1.